The summed E-state index contributed by atoms with van der Waals surface area (Å²) in [7, 11) is 0. The van der Waals surface area contributed by atoms with Crippen LogP contribution in [0.25, 0.3) is 0 Å². The third-order valence-corrected chi connectivity index (χ3v) is 0.917. The van der Waals surface area contributed by atoms with E-state index in [-0.39, 0.29) is 0 Å². The van der Waals surface area contributed by atoms with Gasteiger partial charge in [0.2, 0.25) is 0 Å². The maximum atomic E-state index is 11.6. The number of nitrogens with two attached hydrogens (primary N) is 1. The van der Waals surface area contributed by atoms with Crippen molar-refractivity contribution < 1.29 is 13.9 Å². The van der Waals surface area contributed by atoms with E-state index in [1.165, 1.54) is 0 Å². The number of carbonyl (C=O) groups excluding carboxylic acids is 1. The van der Waals surface area contributed by atoms with Crippen molar-refractivity contribution in [2.45, 2.75) is 19.4 Å². The summed E-state index contributed by atoms with van der Waals surface area (Å²) in [5, 5.41) is 0. The van der Waals surface area contributed by atoms with Crippen LogP contribution < -0.4 is 5.73 Å². The van der Waals surface area contributed by atoms with Crippen LogP contribution in [-0.4, -0.2) is 25.3 Å². The lowest BCUT2D eigenvalue weighted by molar-refractivity contribution is -0.145. The molecule has 0 aliphatic rings. The number of rotatable bonds is 4. The van der Waals surface area contributed by atoms with Crippen molar-refractivity contribution in [2.24, 2.45) is 5.73 Å². The van der Waals surface area contributed by atoms with E-state index < -0.39 is 18.7 Å². The number of alkyl halides is 1. The molecule has 0 saturated heterocycles. The van der Waals surface area contributed by atoms with Crippen molar-refractivity contribution in [3.63, 3.8) is 0 Å². The average Bonchev–Trinajstić information content (AvgIpc) is 1.98. The zero-order chi connectivity index (χ0) is 7.98. The zero-order valence-electron chi connectivity index (χ0n) is 5.97. The average molecular weight is 149 g/mol. The molecule has 2 N–H and O–H groups in total. The molecule has 0 aliphatic carbocycles. The van der Waals surface area contributed by atoms with Crippen LogP contribution in [-0.2, 0) is 9.53 Å². The molecule has 0 bridgehead atoms. The molecule has 60 valence electrons. The molecule has 0 heterocycles. The summed E-state index contributed by atoms with van der Waals surface area (Å²) < 4.78 is 16.2. The summed E-state index contributed by atoms with van der Waals surface area (Å²) in [6.45, 7) is 1.31. The van der Waals surface area contributed by atoms with Crippen molar-refractivity contribution in [3.8, 4) is 0 Å². The molecule has 0 aromatic carbocycles. The van der Waals surface area contributed by atoms with Crippen molar-refractivity contribution >= 4 is 5.97 Å². The van der Waals surface area contributed by atoms with Gasteiger partial charge in [-0.2, -0.15) is 0 Å². The van der Waals surface area contributed by atoms with Crippen molar-refractivity contribution in [2.75, 3.05) is 13.3 Å². The highest BCUT2D eigenvalue weighted by molar-refractivity contribution is 5.75. The maximum Gasteiger partial charge on any atom is 0.325 e. The molecule has 0 rings (SSSR count). The highest BCUT2D eigenvalue weighted by Crippen LogP contribution is 1.88. The van der Waals surface area contributed by atoms with E-state index in [4.69, 9.17) is 5.73 Å². The first kappa shape index (κ1) is 9.36. The van der Waals surface area contributed by atoms with E-state index in [0.29, 0.717) is 6.61 Å². The third kappa shape index (κ3) is 3.40. The molecule has 0 unspecified atom stereocenters. The van der Waals surface area contributed by atoms with Gasteiger partial charge in [0.15, 0.2) is 0 Å². The van der Waals surface area contributed by atoms with E-state index in [1.54, 1.807) is 0 Å². The minimum Gasteiger partial charge on any atom is -0.464 e. The number of hydrogen-bond donors (Lipinski definition) is 1. The van der Waals surface area contributed by atoms with Crippen LogP contribution in [0.3, 0.4) is 0 Å². The first-order valence-electron chi connectivity index (χ1n) is 3.20. The predicted molar refractivity (Wildman–Crippen MR) is 35.2 cm³/mol. The second kappa shape index (κ2) is 5.17. The third-order valence-electron chi connectivity index (χ3n) is 0.917. The lowest BCUT2D eigenvalue weighted by atomic mass is 10.3. The molecular weight excluding hydrogens is 137 g/mol. The Hall–Kier alpha value is -0.640. The van der Waals surface area contributed by atoms with Crippen LogP contribution in [0.2, 0.25) is 0 Å². The van der Waals surface area contributed by atoms with E-state index in [1.807, 2.05) is 6.92 Å². The van der Waals surface area contributed by atoms with Crippen molar-refractivity contribution in [1.29, 1.82) is 0 Å². The summed E-state index contributed by atoms with van der Waals surface area (Å²) in [5.74, 6) is -0.663. The molecule has 1 atom stereocenters. The van der Waals surface area contributed by atoms with Crippen molar-refractivity contribution in [1.82, 2.24) is 0 Å². The lowest BCUT2D eigenvalue weighted by Gasteiger charge is -2.05. The molecule has 10 heavy (non-hydrogen) atoms. The summed E-state index contributed by atoms with van der Waals surface area (Å²) in [6, 6.07) is -1.11. The fraction of sp³-hybridized carbons (Fsp3) is 0.833. The van der Waals surface area contributed by atoms with Gasteiger partial charge in [0.05, 0.1) is 6.61 Å². The fourth-order valence-electron chi connectivity index (χ4n) is 0.373. The number of halogens is 1. The molecule has 0 aromatic rings. The Morgan fingerprint density at radius 2 is 2.40 bits per heavy atom. The summed E-state index contributed by atoms with van der Waals surface area (Å²) in [5.41, 5.74) is 5.01. The van der Waals surface area contributed by atoms with E-state index in [2.05, 4.69) is 4.74 Å². The number of hydrogen-bond acceptors (Lipinski definition) is 3. The van der Waals surface area contributed by atoms with Gasteiger partial charge < -0.3 is 10.5 Å². The van der Waals surface area contributed by atoms with Crippen LogP contribution in [0.4, 0.5) is 4.39 Å². The minimum absolute atomic E-state index is 0.312. The van der Waals surface area contributed by atoms with Crippen LogP contribution in [0.5, 0.6) is 0 Å². The van der Waals surface area contributed by atoms with Gasteiger partial charge in [0.1, 0.15) is 12.7 Å². The highest BCUT2D eigenvalue weighted by Gasteiger charge is 2.13. The Kier molecular flexibility index (Phi) is 4.84. The summed E-state index contributed by atoms with van der Waals surface area (Å²) >= 11 is 0. The van der Waals surface area contributed by atoms with Gasteiger partial charge in [-0.15, -0.1) is 0 Å². The number of esters is 1. The zero-order valence-corrected chi connectivity index (χ0v) is 5.97. The van der Waals surface area contributed by atoms with Gasteiger partial charge >= 0.3 is 5.97 Å². The van der Waals surface area contributed by atoms with Gasteiger partial charge in [-0.1, -0.05) is 6.92 Å². The molecule has 0 amide bonds. The number of carbonyl (C=O) groups is 1. The van der Waals surface area contributed by atoms with Gasteiger partial charge in [0.25, 0.3) is 0 Å². The largest absolute Gasteiger partial charge is 0.464 e. The van der Waals surface area contributed by atoms with Gasteiger partial charge in [-0.25, -0.2) is 4.39 Å². The van der Waals surface area contributed by atoms with E-state index in [9.17, 15) is 9.18 Å². The van der Waals surface area contributed by atoms with E-state index in [0.717, 1.165) is 6.42 Å². The van der Waals surface area contributed by atoms with Gasteiger partial charge in [-0.3, -0.25) is 4.79 Å². The molecule has 0 aromatic heterocycles. The first-order valence-corrected chi connectivity index (χ1v) is 3.20. The molecule has 4 heteroatoms. The Balaban J connectivity index is 3.42. The van der Waals surface area contributed by atoms with Gasteiger partial charge in [-0.05, 0) is 6.42 Å². The maximum absolute atomic E-state index is 11.6. The lowest BCUT2D eigenvalue weighted by Crippen LogP contribution is -2.34. The smallest absolute Gasteiger partial charge is 0.325 e. The second-order valence-electron chi connectivity index (χ2n) is 1.93. The van der Waals surface area contributed by atoms with Crippen LogP contribution >= 0.6 is 0 Å². The standard InChI is InChI=1S/C6H12FNO2/c1-2-3-10-6(9)5(8)4-7/h5H,2-4,8H2,1H3/t5-/m1/s1. The molecule has 0 spiro atoms. The molecule has 0 fully saturated rings. The Morgan fingerprint density at radius 3 is 2.80 bits per heavy atom. The number of ether oxygens (including phenoxy) is 1. The van der Waals surface area contributed by atoms with Crippen LogP contribution in [0.15, 0.2) is 0 Å². The quantitative estimate of drug-likeness (QED) is 0.582. The monoisotopic (exact) mass is 149 g/mol. The highest BCUT2D eigenvalue weighted by atomic mass is 19.1. The minimum atomic E-state index is -1.11. The Labute approximate surface area is 59.3 Å². The predicted octanol–water partition coefficient (Wildman–Crippen LogP) is 0.236. The SMILES string of the molecule is CCCOC(=O)[C@H](N)CF. The Morgan fingerprint density at radius 1 is 1.80 bits per heavy atom. The van der Waals surface area contributed by atoms with E-state index >= 15 is 0 Å². The topological polar surface area (TPSA) is 52.3 Å². The summed E-state index contributed by atoms with van der Waals surface area (Å²) in [4.78, 5) is 10.5. The summed E-state index contributed by atoms with van der Waals surface area (Å²) in [6.07, 6.45) is 0.727. The molecule has 0 saturated carbocycles. The first-order chi connectivity index (χ1) is 4.72. The van der Waals surface area contributed by atoms with Crippen LogP contribution in [0.1, 0.15) is 13.3 Å². The van der Waals surface area contributed by atoms with Gasteiger partial charge in [0, 0.05) is 0 Å². The fourth-order valence-corrected chi connectivity index (χ4v) is 0.373. The molecule has 0 radical (unpaired) electrons. The second-order valence-corrected chi connectivity index (χ2v) is 1.93. The van der Waals surface area contributed by atoms with Crippen molar-refractivity contribution in [3.05, 3.63) is 0 Å². The Bertz CT molecular complexity index is 108. The van der Waals surface area contributed by atoms with Crippen LogP contribution in [0, 0.1) is 0 Å². The molecule has 0 aliphatic heterocycles. The molecular formula is C6H12FNO2. The molecule has 3 nitrogen and oxygen atoms in total. The normalized spacial score (nSPS) is 12.7.